The van der Waals surface area contributed by atoms with Gasteiger partial charge in [-0.1, -0.05) is 0 Å². The van der Waals surface area contributed by atoms with Gasteiger partial charge in [-0.3, -0.25) is 0 Å². The highest BCUT2D eigenvalue weighted by atomic mass is 31.0. The van der Waals surface area contributed by atoms with Gasteiger partial charge in [-0.15, -0.1) is 0 Å². The van der Waals surface area contributed by atoms with Gasteiger partial charge in [0.2, 0.25) is 0 Å². The van der Waals surface area contributed by atoms with Crippen molar-refractivity contribution >= 4 is 21.1 Å². The molecule has 1 aromatic rings. The Labute approximate surface area is 78.3 Å². The van der Waals surface area contributed by atoms with Gasteiger partial charge in [0.05, 0.1) is 9.47 Å². The van der Waals surface area contributed by atoms with E-state index in [1.165, 1.54) is 0 Å². The van der Waals surface area contributed by atoms with Crippen LogP contribution in [0.25, 0.3) is 0 Å². The molecule has 13 heavy (non-hydrogen) atoms. The summed E-state index contributed by atoms with van der Waals surface area (Å²) >= 11 is 0. The molecule has 0 aliphatic rings. The van der Waals surface area contributed by atoms with Gasteiger partial charge in [0.1, 0.15) is 5.75 Å². The van der Waals surface area contributed by atoms with Crippen LogP contribution in [-0.4, -0.2) is 12.6 Å². The molecular weight excluding hydrogens is 189 g/mol. The maximum atomic E-state index is 10.7. The molecule has 0 radical (unpaired) electrons. The fraction of sp³-hybridized carbons (Fsp3) is 0.125. The van der Waals surface area contributed by atoms with Crippen molar-refractivity contribution in [1.29, 1.82) is 0 Å². The zero-order chi connectivity index (χ0) is 9.68. The van der Waals surface area contributed by atoms with E-state index < -0.39 is 5.97 Å². The fourth-order valence-corrected chi connectivity index (χ4v) is 0.808. The summed E-state index contributed by atoms with van der Waals surface area (Å²) in [6, 6.07) is 6.76. The van der Waals surface area contributed by atoms with Gasteiger partial charge in [-0.25, -0.2) is 4.79 Å². The van der Waals surface area contributed by atoms with Gasteiger partial charge < -0.3 is 15.0 Å². The molecule has 0 aromatic heterocycles. The maximum Gasteiger partial charge on any atom is 0.346 e. The number of hydrogen-bond donors (Lipinski definition) is 1. The fourth-order valence-electron chi connectivity index (χ4n) is 0.740. The first-order valence-electron chi connectivity index (χ1n) is 3.60. The first-order valence-corrected chi connectivity index (χ1v) is 4.07. The zero-order valence-electron chi connectivity index (χ0n) is 6.90. The number of benzene rings is 1. The van der Waals surface area contributed by atoms with Crippen molar-refractivity contribution < 1.29 is 14.1 Å². The molecule has 0 spiro atoms. The number of nitrogen functional groups attached to an aromatic ring is 1. The van der Waals surface area contributed by atoms with Crippen LogP contribution in [-0.2, 0) is 9.32 Å². The lowest BCUT2D eigenvalue weighted by atomic mass is 10.3. The Morgan fingerprint density at radius 1 is 1.38 bits per heavy atom. The monoisotopic (exact) mass is 199 g/mol. The van der Waals surface area contributed by atoms with E-state index in [-0.39, 0.29) is 6.61 Å². The first-order chi connectivity index (χ1) is 6.22. The number of nitrogens with two attached hydrogens (primary N) is 1. The molecule has 1 rings (SSSR count). The minimum absolute atomic E-state index is 0.104. The Morgan fingerprint density at radius 2 is 2.00 bits per heavy atom. The van der Waals surface area contributed by atoms with Crippen LogP contribution in [0.2, 0.25) is 0 Å². The van der Waals surface area contributed by atoms with Gasteiger partial charge in [-0.05, 0) is 24.3 Å². The number of hydrogen-bond acceptors (Lipinski definition) is 4. The zero-order valence-corrected chi connectivity index (χ0v) is 8.05. The molecule has 70 valence electrons. The molecule has 0 amide bonds. The number of anilines is 1. The molecule has 4 nitrogen and oxygen atoms in total. The summed E-state index contributed by atoms with van der Waals surface area (Å²) in [6.45, 7) is -0.104. The molecule has 1 aromatic carbocycles. The van der Waals surface area contributed by atoms with Crippen LogP contribution >= 0.6 is 9.47 Å². The van der Waals surface area contributed by atoms with Crippen molar-refractivity contribution in [3.8, 4) is 5.75 Å². The molecule has 0 bridgehead atoms. The molecule has 0 aliphatic carbocycles. The van der Waals surface area contributed by atoms with Crippen LogP contribution < -0.4 is 10.5 Å². The number of carbonyl (C=O) groups excluding carboxylic acids is 1. The van der Waals surface area contributed by atoms with E-state index in [9.17, 15) is 4.79 Å². The van der Waals surface area contributed by atoms with Gasteiger partial charge in [0, 0.05) is 5.69 Å². The molecule has 1 unspecified atom stereocenters. The molecular formula is C8H10NO3P. The number of ether oxygens (including phenoxy) is 1. The predicted octanol–water partition coefficient (Wildman–Crippen LogP) is 0.981. The maximum absolute atomic E-state index is 10.7. The van der Waals surface area contributed by atoms with Crippen LogP contribution in [0, 0.1) is 0 Å². The van der Waals surface area contributed by atoms with Crippen molar-refractivity contribution in [3.63, 3.8) is 0 Å². The molecule has 0 heterocycles. The standard InChI is InChI=1S/C8H10NO3P/c9-6-1-3-7(4-2-6)11-5-8(10)12-13/h1-4H,5,9,13H2. The van der Waals surface area contributed by atoms with Crippen LogP contribution in [0.15, 0.2) is 24.3 Å². The Kier molecular flexibility index (Phi) is 3.53. The van der Waals surface area contributed by atoms with Crippen LogP contribution in [0.3, 0.4) is 0 Å². The molecule has 2 N–H and O–H groups in total. The third-order valence-electron chi connectivity index (χ3n) is 1.37. The van der Waals surface area contributed by atoms with E-state index in [4.69, 9.17) is 10.5 Å². The first kappa shape index (κ1) is 9.81. The van der Waals surface area contributed by atoms with Crippen molar-refractivity contribution in [2.24, 2.45) is 0 Å². The summed E-state index contributed by atoms with van der Waals surface area (Å²) in [5.74, 6) is 0.145. The molecule has 0 saturated heterocycles. The van der Waals surface area contributed by atoms with Gasteiger partial charge in [0.15, 0.2) is 6.61 Å². The quantitative estimate of drug-likeness (QED) is 0.582. The summed E-state index contributed by atoms with van der Waals surface area (Å²) in [5.41, 5.74) is 6.11. The summed E-state index contributed by atoms with van der Waals surface area (Å²) in [4.78, 5) is 10.7. The van der Waals surface area contributed by atoms with Gasteiger partial charge in [-0.2, -0.15) is 0 Å². The minimum atomic E-state index is -0.443. The second-order valence-electron chi connectivity index (χ2n) is 2.35. The average Bonchev–Trinajstić information content (AvgIpc) is 2.16. The number of carbonyl (C=O) groups is 1. The van der Waals surface area contributed by atoms with E-state index in [0.29, 0.717) is 11.4 Å². The minimum Gasteiger partial charge on any atom is -0.482 e. The predicted molar refractivity (Wildman–Crippen MR) is 52.2 cm³/mol. The highest BCUT2D eigenvalue weighted by molar-refractivity contribution is 7.10. The van der Waals surface area contributed by atoms with Crippen molar-refractivity contribution in [1.82, 2.24) is 0 Å². The van der Waals surface area contributed by atoms with Crippen LogP contribution in [0.5, 0.6) is 5.75 Å². The molecule has 0 saturated carbocycles. The van der Waals surface area contributed by atoms with Crippen molar-refractivity contribution in [2.45, 2.75) is 0 Å². The smallest absolute Gasteiger partial charge is 0.346 e. The third-order valence-corrected chi connectivity index (χ3v) is 1.63. The van der Waals surface area contributed by atoms with E-state index in [1.807, 2.05) is 9.47 Å². The van der Waals surface area contributed by atoms with E-state index in [0.717, 1.165) is 0 Å². The largest absolute Gasteiger partial charge is 0.482 e. The Hall–Kier alpha value is -1.28. The highest BCUT2D eigenvalue weighted by Gasteiger charge is 2.00. The van der Waals surface area contributed by atoms with E-state index >= 15 is 0 Å². The van der Waals surface area contributed by atoms with E-state index in [2.05, 4.69) is 4.52 Å². The average molecular weight is 199 g/mol. The second kappa shape index (κ2) is 4.67. The van der Waals surface area contributed by atoms with Gasteiger partial charge in [0.25, 0.3) is 0 Å². The summed E-state index contributed by atoms with van der Waals surface area (Å²) < 4.78 is 9.39. The SMILES string of the molecule is Nc1ccc(OCC(=O)OP)cc1. The summed E-state index contributed by atoms with van der Waals surface area (Å²) in [6.07, 6.45) is 0. The van der Waals surface area contributed by atoms with Crippen molar-refractivity contribution in [3.05, 3.63) is 24.3 Å². The summed E-state index contributed by atoms with van der Waals surface area (Å²) in [7, 11) is 1.86. The lowest BCUT2D eigenvalue weighted by Gasteiger charge is -2.03. The molecule has 5 heteroatoms. The number of rotatable bonds is 3. The lowest BCUT2D eigenvalue weighted by Crippen LogP contribution is -2.10. The normalized spacial score (nSPS) is 9.31. The Morgan fingerprint density at radius 3 is 2.54 bits per heavy atom. The topological polar surface area (TPSA) is 61.5 Å². The van der Waals surface area contributed by atoms with Crippen LogP contribution in [0.4, 0.5) is 5.69 Å². The molecule has 1 atom stereocenters. The molecule has 0 aliphatic heterocycles. The van der Waals surface area contributed by atoms with Crippen LogP contribution in [0.1, 0.15) is 0 Å². The summed E-state index contributed by atoms with van der Waals surface area (Å²) in [5, 5.41) is 0. The lowest BCUT2D eigenvalue weighted by molar-refractivity contribution is -0.135. The third kappa shape index (κ3) is 3.30. The highest BCUT2D eigenvalue weighted by Crippen LogP contribution is 2.12. The Balaban J connectivity index is 2.46. The van der Waals surface area contributed by atoms with E-state index in [1.54, 1.807) is 24.3 Å². The van der Waals surface area contributed by atoms with Gasteiger partial charge >= 0.3 is 5.97 Å². The second-order valence-corrected chi connectivity index (χ2v) is 2.58. The van der Waals surface area contributed by atoms with Crippen molar-refractivity contribution in [2.75, 3.05) is 12.3 Å². The molecule has 0 fully saturated rings. The Bertz CT molecular complexity index is 286.